The number of hydrogen-bond acceptors (Lipinski definition) is 5. The predicted octanol–water partition coefficient (Wildman–Crippen LogP) is 2.51. The second-order valence-corrected chi connectivity index (χ2v) is 6.95. The molecule has 1 aromatic carbocycles. The van der Waals surface area contributed by atoms with E-state index < -0.39 is 0 Å². The molecule has 136 valence electrons. The monoisotopic (exact) mass is 427 g/mol. The number of imide groups is 1. The van der Waals surface area contributed by atoms with E-state index in [1.807, 2.05) is 0 Å². The largest absolute Gasteiger partial charge is 0.311 e. The van der Waals surface area contributed by atoms with Gasteiger partial charge in [0.15, 0.2) is 5.65 Å². The number of carbonyl (C=O) groups excluding carboxylic acids is 3. The summed E-state index contributed by atoms with van der Waals surface area (Å²) in [6, 6.07) is 8.38. The molecular formula is C18H14BrN5O3. The van der Waals surface area contributed by atoms with Gasteiger partial charge in [-0.15, -0.1) is 0 Å². The molecule has 3 aromatic rings. The van der Waals surface area contributed by atoms with Crippen molar-refractivity contribution in [3.05, 3.63) is 58.3 Å². The van der Waals surface area contributed by atoms with Gasteiger partial charge >= 0.3 is 0 Å². The maximum absolute atomic E-state index is 12.4. The lowest BCUT2D eigenvalue weighted by atomic mass is 10.1. The number of nitrogens with one attached hydrogen (secondary N) is 1. The SMILES string of the molecule is O=C(CCCN1C(=O)c2ccc(Br)cc2C1=O)Nc1ccnc2ccnn12. The summed E-state index contributed by atoms with van der Waals surface area (Å²) in [5.74, 6) is -0.364. The molecule has 0 fully saturated rings. The van der Waals surface area contributed by atoms with Crippen LogP contribution in [0, 0.1) is 0 Å². The van der Waals surface area contributed by atoms with Gasteiger partial charge in [-0.1, -0.05) is 15.9 Å². The van der Waals surface area contributed by atoms with E-state index in [9.17, 15) is 14.4 Å². The molecule has 27 heavy (non-hydrogen) atoms. The highest BCUT2D eigenvalue weighted by molar-refractivity contribution is 9.10. The highest BCUT2D eigenvalue weighted by Gasteiger charge is 2.35. The second kappa shape index (κ2) is 6.92. The molecule has 9 heteroatoms. The molecule has 0 atom stereocenters. The smallest absolute Gasteiger partial charge is 0.261 e. The molecular weight excluding hydrogens is 414 g/mol. The number of benzene rings is 1. The minimum atomic E-state index is -0.330. The Balaban J connectivity index is 1.36. The van der Waals surface area contributed by atoms with Crippen molar-refractivity contribution in [1.82, 2.24) is 19.5 Å². The average molecular weight is 428 g/mol. The van der Waals surface area contributed by atoms with Crippen molar-refractivity contribution in [2.75, 3.05) is 11.9 Å². The van der Waals surface area contributed by atoms with Gasteiger partial charge in [0.25, 0.3) is 11.8 Å². The third kappa shape index (κ3) is 3.21. The fourth-order valence-corrected chi connectivity index (χ4v) is 3.36. The van der Waals surface area contributed by atoms with Crippen molar-refractivity contribution >= 4 is 45.1 Å². The van der Waals surface area contributed by atoms with Crippen molar-refractivity contribution in [2.45, 2.75) is 12.8 Å². The Hall–Kier alpha value is -3.07. The Morgan fingerprint density at radius 3 is 2.74 bits per heavy atom. The summed E-state index contributed by atoms with van der Waals surface area (Å²) in [7, 11) is 0. The standard InChI is InChI=1S/C18H14BrN5O3/c19-11-3-4-12-13(10-11)18(27)23(17(12)26)9-1-2-16(25)22-15-5-7-20-14-6-8-21-24(14)15/h3-8,10H,1-2,9H2,(H,22,25). The molecule has 1 aliphatic rings. The lowest BCUT2D eigenvalue weighted by Gasteiger charge is -2.13. The first-order chi connectivity index (χ1) is 13.0. The van der Waals surface area contributed by atoms with Crippen LogP contribution in [0.3, 0.4) is 0 Å². The topological polar surface area (TPSA) is 96.7 Å². The summed E-state index contributed by atoms with van der Waals surface area (Å²) in [5, 5.41) is 6.87. The molecule has 0 spiro atoms. The van der Waals surface area contributed by atoms with E-state index in [0.717, 1.165) is 4.47 Å². The van der Waals surface area contributed by atoms with E-state index in [1.54, 1.807) is 42.7 Å². The number of halogens is 1. The number of amides is 3. The van der Waals surface area contributed by atoms with Crippen molar-refractivity contribution in [3.63, 3.8) is 0 Å². The number of fused-ring (bicyclic) bond motifs is 2. The maximum Gasteiger partial charge on any atom is 0.261 e. The molecule has 0 unspecified atom stereocenters. The lowest BCUT2D eigenvalue weighted by molar-refractivity contribution is -0.116. The van der Waals surface area contributed by atoms with Crippen LogP contribution in [-0.2, 0) is 4.79 Å². The van der Waals surface area contributed by atoms with E-state index in [0.29, 0.717) is 29.0 Å². The van der Waals surface area contributed by atoms with E-state index >= 15 is 0 Å². The summed E-state index contributed by atoms with van der Waals surface area (Å²) >= 11 is 3.30. The molecule has 0 radical (unpaired) electrons. The van der Waals surface area contributed by atoms with Crippen LogP contribution < -0.4 is 5.32 Å². The molecule has 0 saturated carbocycles. The Kier molecular flexibility index (Phi) is 4.44. The summed E-state index contributed by atoms with van der Waals surface area (Å²) < 4.78 is 2.27. The highest BCUT2D eigenvalue weighted by Crippen LogP contribution is 2.26. The molecule has 0 saturated heterocycles. The Labute approximate surface area is 162 Å². The molecule has 2 aromatic heterocycles. The van der Waals surface area contributed by atoms with E-state index in [-0.39, 0.29) is 30.7 Å². The van der Waals surface area contributed by atoms with Gasteiger partial charge in [-0.05, 0) is 30.7 Å². The fraction of sp³-hybridized carbons (Fsp3) is 0.167. The van der Waals surface area contributed by atoms with Crippen LogP contribution in [-0.4, -0.2) is 43.8 Å². The zero-order chi connectivity index (χ0) is 19.0. The van der Waals surface area contributed by atoms with E-state index in [4.69, 9.17) is 0 Å². The minimum absolute atomic E-state index is 0.169. The van der Waals surface area contributed by atoms with Gasteiger partial charge < -0.3 is 5.32 Å². The van der Waals surface area contributed by atoms with E-state index in [1.165, 1.54) is 9.42 Å². The third-order valence-electron chi connectivity index (χ3n) is 4.28. The molecule has 1 aliphatic heterocycles. The molecule has 0 aliphatic carbocycles. The van der Waals surface area contributed by atoms with Crippen LogP contribution in [0.2, 0.25) is 0 Å². The van der Waals surface area contributed by atoms with Crippen LogP contribution in [0.5, 0.6) is 0 Å². The van der Waals surface area contributed by atoms with Crippen LogP contribution >= 0.6 is 15.9 Å². The van der Waals surface area contributed by atoms with Gasteiger partial charge in [-0.2, -0.15) is 9.61 Å². The zero-order valence-electron chi connectivity index (χ0n) is 14.1. The normalized spacial score (nSPS) is 13.3. The summed E-state index contributed by atoms with van der Waals surface area (Å²) in [4.78, 5) is 42.3. The second-order valence-electron chi connectivity index (χ2n) is 6.03. The van der Waals surface area contributed by atoms with Gasteiger partial charge in [0.1, 0.15) is 5.82 Å². The first-order valence-corrected chi connectivity index (χ1v) is 9.08. The van der Waals surface area contributed by atoms with Gasteiger partial charge in [-0.25, -0.2) is 4.98 Å². The molecule has 0 bridgehead atoms. The number of carbonyl (C=O) groups is 3. The van der Waals surface area contributed by atoms with Crippen molar-refractivity contribution in [2.24, 2.45) is 0 Å². The third-order valence-corrected chi connectivity index (χ3v) is 4.77. The molecule has 8 nitrogen and oxygen atoms in total. The number of aromatic nitrogens is 3. The first-order valence-electron chi connectivity index (χ1n) is 8.29. The van der Waals surface area contributed by atoms with Gasteiger partial charge in [0.2, 0.25) is 5.91 Å². The number of hydrogen-bond donors (Lipinski definition) is 1. The Bertz CT molecular complexity index is 1080. The summed E-state index contributed by atoms with van der Waals surface area (Å²) in [5.41, 5.74) is 1.41. The van der Waals surface area contributed by atoms with E-state index in [2.05, 4.69) is 31.3 Å². The van der Waals surface area contributed by atoms with Crippen molar-refractivity contribution < 1.29 is 14.4 Å². The fourth-order valence-electron chi connectivity index (χ4n) is 3.00. The van der Waals surface area contributed by atoms with Crippen LogP contribution in [0.15, 0.2) is 47.2 Å². The van der Waals surface area contributed by atoms with Gasteiger partial charge in [-0.3, -0.25) is 19.3 Å². The highest BCUT2D eigenvalue weighted by atomic mass is 79.9. The van der Waals surface area contributed by atoms with Crippen LogP contribution in [0.1, 0.15) is 33.6 Å². The summed E-state index contributed by atoms with van der Waals surface area (Å²) in [6.07, 6.45) is 3.72. The Morgan fingerprint density at radius 1 is 1.07 bits per heavy atom. The maximum atomic E-state index is 12.4. The Morgan fingerprint density at radius 2 is 1.89 bits per heavy atom. The molecule has 4 rings (SSSR count). The van der Waals surface area contributed by atoms with Crippen molar-refractivity contribution in [1.29, 1.82) is 0 Å². The number of nitrogens with zero attached hydrogens (tertiary/aromatic N) is 4. The number of anilines is 1. The van der Waals surface area contributed by atoms with Gasteiger partial charge in [0, 0.05) is 29.7 Å². The quantitative estimate of drug-likeness (QED) is 0.630. The number of rotatable bonds is 5. The lowest BCUT2D eigenvalue weighted by Crippen LogP contribution is -2.31. The van der Waals surface area contributed by atoms with Gasteiger partial charge in [0.05, 0.1) is 17.3 Å². The summed E-state index contributed by atoms with van der Waals surface area (Å²) in [6.45, 7) is 0.185. The van der Waals surface area contributed by atoms with Crippen LogP contribution in [0.25, 0.3) is 5.65 Å². The molecule has 1 N–H and O–H groups in total. The molecule has 3 heterocycles. The predicted molar refractivity (Wildman–Crippen MR) is 100 cm³/mol. The average Bonchev–Trinajstić information content (AvgIpc) is 3.21. The van der Waals surface area contributed by atoms with Crippen molar-refractivity contribution in [3.8, 4) is 0 Å². The minimum Gasteiger partial charge on any atom is -0.311 e. The first kappa shape index (κ1) is 17.3. The van der Waals surface area contributed by atoms with Crippen LogP contribution in [0.4, 0.5) is 5.82 Å². The molecule has 3 amide bonds. The zero-order valence-corrected chi connectivity index (χ0v) is 15.6.